The van der Waals surface area contributed by atoms with Gasteiger partial charge in [-0.25, -0.2) is 0 Å². The van der Waals surface area contributed by atoms with Crippen LogP contribution in [0.4, 0.5) is 0 Å². The van der Waals surface area contributed by atoms with Crippen LogP contribution in [0, 0.1) is 5.92 Å². The highest BCUT2D eigenvalue weighted by Gasteiger charge is 2.27. The Balaban J connectivity index is 0.00000106. The Morgan fingerprint density at radius 2 is 1.75 bits per heavy atom. The Morgan fingerprint density at radius 1 is 1.25 bits per heavy atom. The van der Waals surface area contributed by atoms with Crippen molar-refractivity contribution in [2.24, 2.45) is 5.92 Å². The van der Waals surface area contributed by atoms with E-state index in [4.69, 9.17) is 0 Å². The quantitative estimate of drug-likeness (QED) is 0.775. The fourth-order valence-corrected chi connectivity index (χ4v) is 2.31. The predicted molar refractivity (Wildman–Crippen MR) is 70.4 cm³/mol. The molecule has 1 saturated carbocycles. The fourth-order valence-electron chi connectivity index (χ4n) is 2.31. The molecule has 0 aliphatic heterocycles. The smallest absolute Gasteiger partial charge is 0.223 e. The average Bonchev–Trinajstić information content (AvgIpc) is 2.72. The largest absolute Gasteiger partial charge is 0.351 e. The standard InChI is InChI=1S/C12H23NO.C2H6/c1-4-9-12(2,3)13-11(14)10-7-5-6-8-10;1-2/h10H,4-9H2,1-3H3,(H,13,14);1-2H3. The summed E-state index contributed by atoms with van der Waals surface area (Å²) in [7, 11) is 0. The van der Waals surface area contributed by atoms with Crippen LogP contribution in [0.2, 0.25) is 0 Å². The third-order valence-corrected chi connectivity index (χ3v) is 3.06. The first-order valence-corrected chi connectivity index (χ1v) is 6.87. The van der Waals surface area contributed by atoms with Gasteiger partial charge in [0.25, 0.3) is 0 Å². The molecule has 1 amide bonds. The molecule has 1 aliphatic rings. The third kappa shape index (κ3) is 5.53. The second-order valence-corrected chi connectivity index (χ2v) is 5.10. The minimum atomic E-state index is -0.0194. The molecule has 0 aromatic carbocycles. The lowest BCUT2D eigenvalue weighted by atomic mass is 9.97. The minimum absolute atomic E-state index is 0.0194. The van der Waals surface area contributed by atoms with Crippen LogP contribution >= 0.6 is 0 Å². The van der Waals surface area contributed by atoms with E-state index in [1.54, 1.807) is 0 Å². The summed E-state index contributed by atoms with van der Waals surface area (Å²) in [6.07, 6.45) is 6.82. The second kappa shape index (κ2) is 7.70. The van der Waals surface area contributed by atoms with Crippen LogP contribution < -0.4 is 5.32 Å². The monoisotopic (exact) mass is 227 g/mol. The molecule has 0 unspecified atom stereocenters. The van der Waals surface area contributed by atoms with Crippen molar-refractivity contribution >= 4 is 5.91 Å². The number of amides is 1. The van der Waals surface area contributed by atoms with Gasteiger partial charge in [-0.2, -0.15) is 0 Å². The second-order valence-electron chi connectivity index (χ2n) is 5.10. The van der Waals surface area contributed by atoms with Crippen LogP contribution in [0.5, 0.6) is 0 Å². The van der Waals surface area contributed by atoms with Crippen molar-refractivity contribution in [1.82, 2.24) is 5.32 Å². The lowest BCUT2D eigenvalue weighted by Gasteiger charge is -2.27. The lowest BCUT2D eigenvalue weighted by Crippen LogP contribution is -2.45. The van der Waals surface area contributed by atoms with E-state index in [-0.39, 0.29) is 11.4 Å². The minimum Gasteiger partial charge on any atom is -0.351 e. The van der Waals surface area contributed by atoms with Crippen LogP contribution in [-0.4, -0.2) is 11.4 Å². The molecule has 0 bridgehead atoms. The summed E-state index contributed by atoms with van der Waals surface area (Å²) < 4.78 is 0. The van der Waals surface area contributed by atoms with Gasteiger partial charge >= 0.3 is 0 Å². The molecule has 0 saturated heterocycles. The molecule has 2 heteroatoms. The summed E-state index contributed by atoms with van der Waals surface area (Å²) in [5.41, 5.74) is -0.0194. The van der Waals surface area contributed by atoms with E-state index in [1.807, 2.05) is 13.8 Å². The van der Waals surface area contributed by atoms with Crippen LogP contribution in [0.25, 0.3) is 0 Å². The Bertz CT molecular complexity index is 193. The van der Waals surface area contributed by atoms with Crippen molar-refractivity contribution in [3.63, 3.8) is 0 Å². The highest BCUT2D eigenvalue weighted by Crippen LogP contribution is 2.25. The molecule has 0 radical (unpaired) electrons. The molecule has 96 valence electrons. The molecule has 16 heavy (non-hydrogen) atoms. The Kier molecular flexibility index (Phi) is 7.44. The maximum atomic E-state index is 11.8. The van der Waals surface area contributed by atoms with Crippen LogP contribution in [-0.2, 0) is 4.79 Å². The van der Waals surface area contributed by atoms with E-state index in [9.17, 15) is 4.79 Å². The molecule has 1 fully saturated rings. The van der Waals surface area contributed by atoms with E-state index in [0.717, 1.165) is 25.7 Å². The first kappa shape index (κ1) is 15.5. The third-order valence-electron chi connectivity index (χ3n) is 3.06. The highest BCUT2D eigenvalue weighted by molar-refractivity contribution is 5.79. The SMILES string of the molecule is CC.CCCC(C)(C)NC(=O)C1CCCC1. The van der Waals surface area contributed by atoms with Gasteiger partial charge in [0.15, 0.2) is 0 Å². The highest BCUT2D eigenvalue weighted by atomic mass is 16.2. The van der Waals surface area contributed by atoms with Crippen LogP contribution in [0.15, 0.2) is 0 Å². The van der Waals surface area contributed by atoms with Gasteiger partial charge in [-0.05, 0) is 33.1 Å². The topological polar surface area (TPSA) is 29.1 Å². The van der Waals surface area contributed by atoms with Gasteiger partial charge < -0.3 is 5.32 Å². The van der Waals surface area contributed by atoms with Gasteiger partial charge in [-0.3, -0.25) is 4.79 Å². The van der Waals surface area contributed by atoms with E-state index >= 15 is 0 Å². The summed E-state index contributed by atoms with van der Waals surface area (Å²) in [5.74, 6) is 0.576. The summed E-state index contributed by atoms with van der Waals surface area (Å²) in [6, 6.07) is 0. The normalized spacial score (nSPS) is 16.6. The zero-order valence-corrected chi connectivity index (χ0v) is 11.7. The van der Waals surface area contributed by atoms with Crippen molar-refractivity contribution < 1.29 is 4.79 Å². The predicted octanol–water partition coefficient (Wildman–Crippen LogP) is 3.90. The van der Waals surface area contributed by atoms with E-state index in [2.05, 4.69) is 26.1 Å². The number of hydrogen-bond acceptors (Lipinski definition) is 1. The number of hydrogen-bond donors (Lipinski definition) is 1. The molecule has 1 aliphatic carbocycles. The van der Waals surface area contributed by atoms with Gasteiger partial charge in [0.05, 0.1) is 0 Å². The Labute approximate surface area is 101 Å². The molecule has 0 spiro atoms. The van der Waals surface area contributed by atoms with Crippen LogP contribution in [0.3, 0.4) is 0 Å². The number of nitrogens with one attached hydrogen (secondary N) is 1. The molecule has 0 heterocycles. The van der Waals surface area contributed by atoms with E-state index < -0.39 is 0 Å². The van der Waals surface area contributed by atoms with E-state index in [0.29, 0.717) is 5.92 Å². The summed E-state index contributed by atoms with van der Waals surface area (Å²) >= 11 is 0. The fraction of sp³-hybridized carbons (Fsp3) is 0.929. The first-order chi connectivity index (χ1) is 7.55. The summed E-state index contributed by atoms with van der Waals surface area (Å²) in [6.45, 7) is 10.4. The van der Waals surface area contributed by atoms with Gasteiger partial charge in [-0.1, -0.05) is 40.0 Å². The molecule has 1 N–H and O–H groups in total. The molecule has 0 aromatic rings. The Hall–Kier alpha value is -0.530. The number of rotatable bonds is 4. The number of carbonyl (C=O) groups excluding carboxylic acids is 1. The van der Waals surface area contributed by atoms with Gasteiger partial charge in [-0.15, -0.1) is 0 Å². The van der Waals surface area contributed by atoms with Crippen molar-refractivity contribution in [3.8, 4) is 0 Å². The first-order valence-electron chi connectivity index (χ1n) is 6.87. The lowest BCUT2D eigenvalue weighted by molar-refractivity contribution is -0.126. The Morgan fingerprint density at radius 3 is 2.19 bits per heavy atom. The summed E-state index contributed by atoms with van der Waals surface area (Å²) in [4.78, 5) is 11.8. The zero-order valence-electron chi connectivity index (χ0n) is 11.7. The van der Waals surface area contributed by atoms with Crippen molar-refractivity contribution in [2.45, 2.75) is 78.7 Å². The number of carbonyl (C=O) groups is 1. The summed E-state index contributed by atoms with van der Waals surface area (Å²) in [5, 5.41) is 3.16. The van der Waals surface area contributed by atoms with Crippen molar-refractivity contribution in [1.29, 1.82) is 0 Å². The maximum Gasteiger partial charge on any atom is 0.223 e. The molecule has 1 rings (SSSR count). The zero-order chi connectivity index (χ0) is 12.6. The van der Waals surface area contributed by atoms with Crippen molar-refractivity contribution in [2.75, 3.05) is 0 Å². The van der Waals surface area contributed by atoms with Gasteiger partial charge in [0.1, 0.15) is 0 Å². The van der Waals surface area contributed by atoms with Crippen LogP contribution in [0.1, 0.15) is 73.1 Å². The molecular formula is C14H29NO. The molecule has 0 aromatic heterocycles. The van der Waals surface area contributed by atoms with Gasteiger partial charge in [0.2, 0.25) is 5.91 Å². The molecular weight excluding hydrogens is 198 g/mol. The molecule has 0 atom stereocenters. The average molecular weight is 227 g/mol. The maximum absolute atomic E-state index is 11.8. The van der Waals surface area contributed by atoms with Crippen molar-refractivity contribution in [3.05, 3.63) is 0 Å². The molecule has 2 nitrogen and oxygen atoms in total. The van der Waals surface area contributed by atoms with E-state index in [1.165, 1.54) is 12.8 Å². The van der Waals surface area contributed by atoms with Gasteiger partial charge in [0, 0.05) is 11.5 Å².